The van der Waals surface area contributed by atoms with Crippen LogP contribution in [0.1, 0.15) is 20.3 Å². The lowest BCUT2D eigenvalue weighted by molar-refractivity contribution is 0.0998. The summed E-state index contributed by atoms with van der Waals surface area (Å²) in [5.41, 5.74) is 0. The van der Waals surface area contributed by atoms with Gasteiger partial charge in [0.25, 0.3) is 0 Å². The van der Waals surface area contributed by atoms with Gasteiger partial charge in [-0.3, -0.25) is 4.57 Å². The summed E-state index contributed by atoms with van der Waals surface area (Å²) in [6.45, 7) is 4.00. The molecule has 0 fully saturated rings. The topological polar surface area (TPSA) is 26.3 Å². The molecule has 8 heavy (non-hydrogen) atoms. The zero-order valence-corrected chi connectivity index (χ0v) is 6.15. The molecule has 0 heterocycles. The maximum atomic E-state index is 9.80. The van der Waals surface area contributed by atoms with Crippen molar-refractivity contribution in [2.45, 2.75) is 26.4 Å². The quantitative estimate of drug-likeness (QED) is 0.550. The largest absolute Gasteiger partial charge is 0.366 e. The van der Waals surface area contributed by atoms with Crippen molar-refractivity contribution in [1.82, 2.24) is 0 Å². The summed E-state index contributed by atoms with van der Waals surface area (Å²) in [4.78, 5) is 0. The van der Waals surface area contributed by atoms with Crippen molar-refractivity contribution in [2.75, 3.05) is 6.35 Å². The minimum Gasteiger partial charge on any atom is -0.366 e. The van der Waals surface area contributed by atoms with Crippen LogP contribution in [0.4, 0.5) is 0 Å². The van der Waals surface area contributed by atoms with E-state index in [1.54, 1.807) is 0 Å². The molecule has 1 unspecified atom stereocenters. The second-order valence-electron chi connectivity index (χ2n) is 1.64. The molecule has 0 radical (unpaired) electrons. The second kappa shape index (κ2) is 5.20. The maximum absolute atomic E-state index is 9.80. The smallest absolute Gasteiger partial charge is 0.183 e. The summed E-state index contributed by atoms with van der Waals surface area (Å²) < 4.78 is 14.8. The van der Waals surface area contributed by atoms with Gasteiger partial charge in [-0.05, 0) is 13.3 Å². The molecule has 0 aromatic rings. The highest BCUT2D eigenvalue weighted by Gasteiger charge is 1.94. The molecule has 0 aromatic carbocycles. The molecular weight excluding hydrogens is 123 g/mol. The molecule has 0 saturated carbocycles. The monoisotopic (exact) mass is 134 g/mol. The lowest BCUT2D eigenvalue weighted by Gasteiger charge is -2.04. The fraction of sp³-hybridized carbons (Fsp3) is 1.00. The Morgan fingerprint density at radius 2 is 2.38 bits per heavy atom. The van der Waals surface area contributed by atoms with Gasteiger partial charge >= 0.3 is 0 Å². The van der Waals surface area contributed by atoms with E-state index in [2.05, 4.69) is 0 Å². The predicted molar refractivity (Wildman–Crippen MR) is 33.3 cm³/mol. The van der Waals surface area contributed by atoms with Crippen LogP contribution in [0.5, 0.6) is 0 Å². The molecule has 0 bridgehead atoms. The van der Waals surface area contributed by atoms with Gasteiger partial charge in [-0.1, -0.05) is 6.92 Å². The van der Waals surface area contributed by atoms with Crippen LogP contribution in [-0.4, -0.2) is 12.5 Å². The third kappa shape index (κ3) is 4.23. The highest BCUT2D eigenvalue weighted by molar-refractivity contribution is 7.23. The Kier molecular flexibility index (Phi) is 5.24. The van der Waals surface area contributed by atoms with Gasteiger partial charge < -0.3 is 4.74 Å². The number of hydrogen-bond donors (Lipinski definition) is 0. The standard InChI is InChI=1S/C5H11O2P/c1-3-5(2)7-4-8-6/h5H,3-4H2,1-2H3. The van der Waals surface area contributed by atoms with Crippen molar-refractivity contribution in [3.8, 4) is 0 Å². The van der Waals surface area contributed by atoms with E-state index in [1.165, 1.54) is 0 Å². The molecule has 1 atom stereocenters. The van der Waals surface area contributed by atoms with Crippen LogP contribution in [-0.2, 0) is 9.30 Å². The summed E-state index contributed by atoms with van der Waals surface area (Å²) in [6.07, 6.45) is 1.56. The molecular formula is C5H11O2P. The van der Waals surface area contributed by atoms with Gasteiger partial charge in [0.15, 0.2) is 8.46 Å². The van der Waals surface area contributed by atoms with Gasteiger partial charge in [-0.25, -0.2) is 0 Å². The Hall–Kier alpha value is 0.0600. The van der Waals surface area contributed by atoms with E-state index in [0.717, 1.165) is 6.42 Å². The number of hydrogen-bond acceptors (Lipinski definition) is 2. The fourth-order valence-electron chi connectivity index (χ4n) is 0.276. The highest BCUT2D eigenvalue weighted by Crippen LogP contribution is 1.99. The molecule has 0 aromatic heterocycles. The zero-order chi connectivity index (χ0) is 6.41. The summed E-state index contributed by atoms with van der Waals surface area (Å²) in [7, 11) is 0.0772. The third-order valence-electron chi connectivity index (χ3n) is 0.987. The lowest BCUT2D eigenvalue weighted by Crippen LogP contribution is -2.03. The van der Waals surface area contributed by atoms with Gasteiger partial charge in [0.2, 0.25) is 0 Å². The van der Waals surface area contributed by atoms with E-state index in [9.17, 15) is 4.57 Å². The van der Waals surface area contributed by atoms with Crippen LogP contribution in [0.15, 0.2) is 0 Å². The van der Waals surface area contributed by atoms with Gasteiger partial charge in [0, 0.05) is 0 Å². The molecule has 0 rings (SSSR count). The minimum atomic E-state index is 0.0772. The first-order valence-corrected chi connectivity index (χ1v) is 3.71. The Bertz CT molecular complexity index is 65.4. The highest BCUT2D eigenvalue weighted by atomic mass is 31.1. The average Bonchev–Trinajstić information content (AvgIpc) is 1.83. The van der Waals surface area contributed by atoms with E-state index in [4.69, 9.17) is 4.74 Å². The Morgan fingerprint density at radius 1 is 1.75 bits per heavy atom. The van der Waals surface area contributed by atoms with Crippen LogP contribution in [0.3, 0.4) is 0 Å². The number of ether oxygens (including phenoxy) is 1. The summed E-state index contributed by atoms with van der Waals surface area (Å²) in [6, 6.07) is 0. The van der Waals surface area contributed by atoms with Crippen molar-refractivity contribution < 1.29 is 9.30 Å². The Balaban J connectivity index is 2.97. The number of rotatable bonds is 4. The maximum Gasteiger partial charge on any atom is 0.183 e. The molecule has 3 heteroatoms. The third-order valence-corrected chi connectivity index (χ3v) is 1.24. The normalized spacial score (nSPS) is 14.2. The Morgan fingerprint density at radius 3 is 2.75 bits per heavy atom. The second-order valence-corrected chi connectivity index (χ2v) is 2.16. The minimum absolute atomic E-state index is 0.0772. The molecule has 48 valence electrons. The van der Waals surface area contributed by atoms with E-state index in [0.29, 0.717) is 6.35 Å². The van der Waals surface area contributed by atoms with Crippen LogP contribution in [0.25, 0.3) is 0 Å². The Labute approximate surface area is 51.4 Å². The molecule has 0 aliphatic heterocycles. The van der Waals surface area contributed by atoms with Crippen molar-refractivity contribution >= 4 is 8.46 Å². The van der Waals surface area contributed by atoms with Gasteiger partial charge in [-0.15, -0.1) is 0 Å². The van der Waals surface area contributed by atoms with E-state index in [-0.39, 0.29) is 14.6 Å². The molecule has 0 amide bonds. The van der Waals surface area contributed by atoms with Crippen molar-refractivity contribution in [2.24, 2.45) is 0 Å². The van der Waals surface area contributed by atoms with E-state index in [1.807, 2.05) is 13.8 Å². The summed E-state index contributed by atoms with van der Waals surface area (Å²) in [5.74, 6) is 0. The van der Waals surface area contributed by atoms with Crippen molar-refractivity contribution in [3.63, 3.8) is 0 Å². The molecule has 0 spiro atoms. The predicted octanol–water partition coefficient (Wildman–Crippen LogP) is 2.05. The van der Waals surface area contributed by atoms with Gasteiger partial charge in [0.1, 0.15) is 6.35 Å². The molecule has 0 saturated heterocycles. The first-order chi connectivity index (χ1) is 3.81. The summed E-state index contributed by atoms with van der Waals surface area (Å²) in [5, 5.41) is 0. The van der Waals surface area contributed by atoms with Crippen molar-refractivity contribution in [1.29, 1.82) is 0 Å². The van der Waals surface area contributed by atoms with Crippen LogP contribution in [0, 0.1) is 0 Å². The average molecular weight is 134 g/mol. The molecule has 2 nitrogen and oxygen atoms in total. The van der Waals surface area contributed by atoms with Crippen molar-refractivity contribution in [3.05, 3.63) is 0 Å². The summed E-state index contributed by atoms with van der Waals surface area (Å²) >= 11 is 0. The first kappa shape index (κ1) is 8.06. The fourth-order valence-corrected chi connectivity index (χ4v) is 0.591. The molecule has 0 N–H and O–H groups in total. The SMILES string of the molecule is CCC(C)OCP=O. The van der Waals surface area contributed by atoms with E-state index < -0.39 is 0 Å². The lowest BCUT2D eigenvalue weighted by atomic mass is 10.3. The molecule has 0 aliphatic rings. The van der Waals surface area contributed by atoms with Gasteiger partial charge in [-0.2, -0.15) is 0 Å². The van der Waals surface area contributed by atoms with E-state index >= 15 is 0 Å². The van der Waals surface area contributed by atoms with Crippen LogP contribution in [0.2, 0.25) is 0 Å². The zero-order valence-electron chi connectivity index (χ0n) is 5.26. The van der Waals surface area contributed by atoms with Gasteiger partial charge in [0.05, 0.1) is 6.10 Å². The van der Waals surface area contributed by atoms with Crippen LogP contribution >= 0.6 is 8.46 Å². The molecule has 0 aliphatic carbocycles. The first-order valence-electron chi connectivity index (χ1n) is 2.72. The van der Waals surface area contributed by atoms with Crippen LogP contribution < -0.4 is 0 Å².